The van der Waals surface area contributed by atoms with Crippen LogP contribution >= 0.6 is 0 Å². The number of hydrogen-bond donors (Lipinski definition) is 1. The number of methoxy groups -OCH3 is 1. The first-order chi connectivity index (χ1) is 8.41. The van der Waals surface area contributed by atoms with Gasteiger partial charge in [0.2, 0.25) is 0 Å². The second-order valence-corrected chi connectivity index (χ2v) is 5.28. The molecule has 2 atom stereocenters. The topological polar surface area (TPSA) is 51.6 Å². The van der Waals surface area contributed by atoms with Crippen molar-refractivity contribution in [2.24, 2.45) is 5.41 Å². The van der Waals surface area contributed by atoms with Gasteiger partial charge in [0.25, 0.3) is 0 Å². The maximum atomic E-state index is 10.5. The van der Waals surface area contributed by atoms with E-state index in [0.717, 1.165) is 0 Å². The third-order valence-electron chi connectivity index (χ3n) is 2.79. The lowest BCUT2D eigenvalue weighted by molar-refractivity contribution is -0.0918. The van der Waals surface area contributed by atoms with Gasteiger partial charge < -0.3 is 14.6 Å². The van der Waals surface area contributed by atoms with Crippen LogP contribution in [0.1, 0.15) is 39.5 Å². The SMILES string of the molecule is CCOC(C(O)c1ncccc1OC)C(C)(C)C. The van der Waals surface area contributed by atoms with E-state index in [1.165, 1.54) is 0 Å². The van der Waals surface area contributed by atoms with Crippen molar-refractivity contribution in [3.63, 3.8) is 0 Å². The lowest BCUT2D eigenvalue weighted by atomic mass is 9.84. The molecular formula is C14H23NO3. The third kappa shape index (κ3) is 3.43. The minimum Gasteiger partial charge on any atom is -0.495 e. The fraction of sp³-hybridized carbons (Fsp3) is 0.643. The van der Waals surface area contributed by atoms with Crippen molar-refractivity contribution in [3.05, 3.63) is 24.0 Å². The first-order valence-corrected chi connectivity index (χ1v) is 6.20. The van der Waals surface area contributed by atoms with Crippen LogP contribution < -0.4 is 4.74 Å². The van der Waals surface area contributed by atoms with Crippen molar-refractivity contribution in [3.8, 4) is 5.75 Å². The van der Waals surface area contributed by atoms with Gasteiger partial charge in [-0.1, -0.05) is 20.8 Å². The largest absolute Gasteiger partial charge is 0.495 e. The molecule has 1 heterocycles. The van der Waals surface area contributed by atoms with Crippen molar-refractivity contribution in [1.82, 2.24) is 4.98 Å². The Balaban J connectivity index is 3.05. The van der Waals surface area contributed by atoms with Gasteiger partial charge in [-0.25, -0.2) is 0 Å². The van der Waals surface area contributed by atoms with Crippen molar-refractivity contribution < 1.29 is 14.6 Å². The van der Waals surface area contributed by atoms with Gasteiger partial charge in [-0.2, -0.15) is 0 Å². The molecule has 0 bridgehead atoms. The predicted octanol–water partition coefficient (Wildman–Crippen LogP) is 2.57. The molecule has 1 N–H and O–H groups in total. The molecule has 0 fully saturated rings. The molecule has 1 rings (SSSR count). The molecule has 0 radical (unpaired) electrons. The van der Waals surface area contributed by atoms with E-state index in [-0.39, 0.29) is 11.5 Å². The fourth-order valence-electron chi connectivity index (χ4n) is 1.94. The van der Waals surface area contributed by atoms with E-state index in [9.17, 15) is 5.11 Å². The summed E-state index contributed by atoms with van der Waals surface area (Å²) in [5.74, 6) is 0.582. The van der Waals surface area contributed by atoms with Gasteiger partial charge in [-0.15, -0.1) is 0 Å². The zero-order chi connectivity index (χ0) is 13.8. The Kier molecular flexibility index (Phi) is 5.11. The zero-order valence-electron chi connectivity index (χ0n) is 11.8. The molecule has 4 nitrogen and oxygen atoms in total. The van der Waals surface area contributed by atoms with E-state index in [2.05, 4.69) is 4.98 Å². The predicted molar refractivity (Wildman–Crippen MR) is 70.6 cm³/mol. The van der Waals surface area contributed by atoms with Gasteiger partial charge in [0, 0.05) is 12.8 Å². The Labute approximate surface area is 109 Å². The van der Waals surface area contributed by atoms with Crippen molar-refractivity contribution in [2.75, 3.05) is 13.7 Å². The number of aliphatic hydroxyl groups excluding tert-OH is 1. The van der Waals surface area contributed by atoms with Crippen LogP contribution in [-0.4, -0.2) is 29.9 Å². The van der Waals surface area contributed by atoms with Crippen LogP contribution in [0.25, 0.3) is 0 Å². The lowest BCUT2D eigenvalue weighted by Crippen LogP contribution is -2.35. The number of hydrogen-bond acceptors (Lipinski definition) is 4. The van der Waals surface area contributed by atoms with Gasteiger partial charge in [-0.3, -0.25) is 4.98 Å². The molecule has 4 heteroatoms. The summed E-state index contributed by atoms with van der Waals surface area (Å²) in [7, 11) is 1.57. The maximum absolute atomic E-state index is 10.5. The van der Waals surface area contributed by atoms with Crippen LogP contribution in [0.2, 0.25) is 0 Å². The van der Waals surface area contributed by atoms with E-state index in [4.69, 9.17) is 9.47 Å². The highest BCUT2D eigenvalue weighted by Gasteiger charge is 2.34. The molecule has 0 aromatic carbocycles. The minimum absolute atomic E-state index is 0.183. The maximum Gasteiger partial charge on any atom is 0.143 e. The molecule has 18 heavy (non-hydrogen) atoms. The zero-order valence-corrected chi connectivity index (χ0v) is 11.8. The molecule has 0 aliphatic heterocycles. The standard InChI is InChI=1S/C14H23NO3/c1-6-18-13(14(2,3)4)12(16)11-10(17-5)8-7-9-15-11/h7-9,12-13,16H,6H2,1-5H3. The summed E-state index contributed by atoms with van der Waals surface area (Å²) < 4.78 is 10.9. The van der Waals surface area contributed by atoms with E-state index in [1.54, 1.807) is 25.4 Å². The summed E-state index contributed by atoms with van der Waals surface area (Å²) in [4.78, 5) is 4.21. The highest BCUT2D eigenvalue weighted by molar-refractivity contribution is 5.29. The molecule has 1 aromatic heterocycles. The number of ether oxygens (including phenoxy) is 2. The van der Waals surface area contributed by atoms with E-state index < -0.39 is 6.10 Å². The molecule has 102 valence electrons. The van der Waals surface area contributed by atoms with E-state index in [0.29, 0.717) is 18.1 Å². The highest BCUT2D eigenvalue weighted by Crippen LogP contribution is 2.35. The summed E-state index contributed by atoms with van der Waals surface area (Å²) in [6.45, 7) is 8.57. The highest BCUT2D eigenvalue weighted by atomic mass is 16.5. The number of aliphatic hydroxyl groups is 1. The van der Waals surface area contributed by atoms with Crippen LogP contribution in [0, 0.1) is 5.41 Å². The normalized spacial score (nSPS) is 15.2. The minimum atomic E-state index is -0.805. The molecule has 0 saturated heterocycles. The van der Waals surface area contributed by atoms with Gasteiger partial charge in [0.1, 0.15) is 17.5 Å². The number of pyridine rings is 1. The van der Waals surface area contributed by atoms with Gasteiger partial charge in [0.05, 0.1) is 13.2 Å². The molecule has 1 aromatic rings. The first-order valence-electron chi connectivity index (χ1n) is 6.20. The summed E-state index contributed by atoms with van der Waals surface area (Å²) in [5, 5.41) is 10.5. The fourth-order valence-corrected chi connectivity index (χ4v) is 1.94. The molecule has 0 saturated carbocycles. The van der Waals surface area contributed by atoms with Crippen LogP contribution in [0.5, 0.6) is 5.75 Å². The Morgan fingerprint density at radius 2 is 2.06 bits per heavy atom. The van der Waals surface area contributed by atoms with Gasteiger partial charge >= 0.3 is 0 Å². The summed E-state index contributed by atoms with van der Waals surface area (Å²) in [6, 6.07) is 3.57. The Hall–Kier alpha value is -1.13. The third-order valence-corrected chi connectivity index (χ3v) is 2.79. The summed E-state index contributed by atoms with van der Waals surface area (Å²) in [6.07, 6.45) is 0.514. The average Bonchev–Trinajstić information content (AvgIpc) is 2.33. The van der Waals surface area contributed by atoms with Crippen molar-refractivity contribution in [1.29, 1.82) is 0 Å². The summed E-state index contributed by atoms with van der Waals surface area (Å²) in [5.41, 5.74) is 0.339. The molecule has 0 aliphatic rings. The Morgan fingerprint density at radius 1 is 1.39 bits per heavy atom. The number of rotatable bonds is 5. The van der Waals surface area contributed by atoms with E-state index in [1.807, 2.05) is 27.7 Å². The Bertz CT molecular complexity index is 374. The number of aromatic nitrogens is 1. The monoisotopic (exact) mass is 253 g/mol. The quantitative estimate of drug-likeness (QED) is 0.876. The van der Waals surface area contributed by atoms with Crippen molar-refractivity contribution >= 4 is 0 Å². The van der Waals surface area contributed by atoms with Crippen LogP contribution in [-0.2, 0) is 4.74 Å². The molecule has 2 unspecified atom stereocenters. The second kappa shape index (κ2) is 6.16. The molecule has 0 spiro atoms. The van der Waals surface area contributed by atoms with Gasteiger partial charge in [-0.05, 0) is 24.5 Å². The average molecular weight is 253 g/mol. The molecule has 0 amide bonds. The number of nitrogens with zero attached hydrogens (tertiary/aromatic N) is 1. The Morgan fingerprint density at radius 3 is 2.56 bits per heavy atom. The molecule has 0 aliphatic carbocycles. The summed E-state index contributed by atoms with van der Waals surface area (Å²) >= 11 is 0. The first kappa shape index (κ1) is 14.9. The van der Waals surface area contributed by atoms with E-state index >= 15 is 0 Å². The van der Waals surface area contributed by atoms with Crippen molar-refractivity contribution in [2.45, 2.75) is 39.9 Å². The second-order valence-electron chi connectivity index (χ2n) is 5.28. The van der Waals surface area contributed by atoms with Crippen LogP contribution in [0.4, 0.5) is 0 Å². The van der Waals surface area contributed by atoms with Crippen LogP contribution in [0.15, 0.2) is 18.3 Å². The van der Waals surface area contributed by atoms with Gasteiger partial charge in [0.15, 0.2) is 0 Å². The molecular weight excluding hydrogens is 230 g/mol. The van der Waals surface area contributed by atoms with Crippen LogP contribution in [0.3, 0.4) is 0 Å². The lowest BCUT2D eigenvalue weighted by Gasteiger charge is -2.34. The smallest absolute Gasteiger partial charge is 0.143 e.